The number of carbonyl (C=O) groups is 2. The first-order chi connectivity index (χ1) is 17.7. The molecule has 3 aromatic rings. The largest absolute Gasteiger partial charge is 0.508 e. The minimum Gasteiger partial charge on any atom is -0.508 e. The van der Waals surface area contributed by atoms with Crippen molar-refractivity contribution in [3.05, 3.63) is 87.4 Å². The number of sulfone groups is 1. The lowest BCUT2D eigenvalue weighted by Gasteiger charge is -2.17. The van der Waals surface area contributed by atoms with Crippen molar-refractivity contribution in [2.75, 3.05) is 12.4 Å². The molecule has 0 heterocycles. The van der Waals surface area contributed by atoms with Crippen LogP contribution in [0.3, 0.4) is 0 Å². The summed E-state index contributed by atoms with van der Waals surface area (Å²) >= 11 is 12.6. The van der Waals surface area contributed by atoms with Gasteiger partial charge in [0.25, 0.3) is 5.91 Å². The Kier molecular flexibility index (Phi) is 9.28. The molecule has 0 radical (unpaired) electrons. The predicted molar refractivity (Wildman–Crippen MR) is 145 cm³/mol. The first-order valence-electron chi connectivity index (χ1n) is 11.1. The van der Waals surface area contributed by atoms with E-state index < -0.39 is 35.1 Å². The lowest BCUT2D eigenvalue weighted by Crippen LogP contribution is -2.42. The number of rotatable bonds is 10. The molecule has 0 aromatic heterocycles. The van der Waals surface area contributed by atoms with E-state index in [-0.39, 0.29) is 50.6 Å². The summed E-state index contributed by atoms with van der Waals surface area (Å²) in [4.78, 5) is 35.2. The molecule has 0 aliphatic rings. The second-order valence-corrected chi connectivity index (χ2v) is 13.8. The molecule has 3 rings (SSSR count). The summed E-state index contributed by atoms with van der Waals surface area (Å²) in [5, 5.41) is 21.5. The van der Waals surface area contributed by atoms with Crippen LogP contribution >= 0.6 is 30.6 Å². The van der Waals surface area contributed by atoms with Crippen molar-refractivity contribution in [3.8, 4) is 5.75 Å². The minimum atomic E-state index is -3.80. The van der Waals surface area contributed by atoms with Gasteiger partial charge in [0.15, 0.2) is 9.84 Å². The Morgan fingerprint density at radius 3 is 2.21 bits per heavy atom. The van der Waals surface area contributed by atoms with Crippen LogP contribution in [0.25, 0.3) is 0 Å². The molecular formula is C25H24Cl2NO8PS. The lowest BCUT2D eigenvalue weighted by atomic mass is 10.0. The average molecular weight is 600 g/mol. The first kappa shape index (κ1) is 29.7. The number of hydrogen-bond donors (Lipinski definition) is 4. The third kappa shape index (κ3) is 7.58. The number of carboxylic acid groups (broad SMARTS) is 1. The van der Waals surface area contributed by atoms with E-state index in [1.54, 1.807) is 6.07 Å². The van der Waals surface area contributed by atoms with Crippen molar-refractivity contribution < 1.29 is 37.7 Å². The average Bonchev–Trinajstić information content (AvgIpc) is 2.81. The van der Waals surface area contributed by atoms with E-state index in [4.69, 9.17) is 23.2 Å². The topological polar surface area (TPSA) is 158 Å². The monoisotopic (exact) mass is 599 g/mol. The van der Waals surface area contributed by atoms with Crippen LogP contribution in [0.4, 0.5) is 0 Å². The number of amides is 1. The standard InChI is InChI=1S/C25H24Cl2NO8PS/c1-38(35,36)19-7-2-4-15(10-19)13-22(25(31)32)28-24(30)23-20(26)11-16(12-21(23)27)8-9-37(33,34)18-6-3-5-17(29)14-18/h2-7,10-12,14,22,29H,8-9,13H2,1H3,(H,28,30)(H,31,32)(H,33,34)/t22-/m0/s1. The number of phenols is 1. The predicted octanol–water partition coefficient (Wildman–Crippen LogP) is 3.67. The van der Waals surface area contributed by atoms with Gasteiger partial charge in [0, 0.05) is 24.1 Å². The highest BCUT2D eigenvalue weighted by Gasteiger charge is 2.26. The zero-order valence-electron chi connectivity index (χ0n) is 20.0. The highest BCUT2D eigenvalue weighted by atomic mass is 35.5. The van der Waals surface area contributed by atoms with Gasteiger partial charge in [0.05, 0.1) is 20.5 Å². The third-order valence-corrected chi connectivity index (χ3v) is 9.26. The number of halogens is 2. The Balaban J connectivity index is 1.76. The summed E-state index contributed by atoms with van der Waals surface area (Å²) in [7, 11) is -7.31. The molecule has 13 heteroatoms. The maximum Gasteiger partial charge on any atom is 0.326 e. The molecule has 0 aliphatic heterocycles. The Morgan fingerprint density at radius 2 is 1.63 bits per heavy atom. The molecule has 0 spiro atoms. The quantitative estimate of drug-likeness (QED) is 0.257. The normalized spacial score (nSPS) is 13.9. The van der Waals surface area contributed by atoms with Gasteiger partial charge in [-0.05, 0) is 60.0 Å². The van der Waals surface area contributed by atoms with Crippen LogP contribution in [0.5, 0.6) is 5.75 Å². The first-order valence-corrected chi connectivity index (χ1v) is 15.6. The van der Waals surface area contributed by atoms with Crippen molar-refractivity contribution in [3.63, 3.8) is 0 Å². The van der Waals surface area contributed by atoms with Crippen molar-refractivity contribution >= 4 is 57.6 Å². The molecule has 38 heavy (non-hydrogen) atoms. The maximum absolute atomic E-state index is 12.9. The van der Waals surface area contributed by atoms with Crippen LogP contribution in [-0.2, 0) is 32.0 Å². The maximum atomic E-state index is 12.9. The zero-order chi connectivity index (χ0) is 28.3. The number of benzene rings is 3. The van der Waals surface area contributed by atoms with Gasteiger partial charge >= 0.3 is 5.97 Å². The molecule has 0 aliphatic carbocycles. The van der Waals surface area contributed by atoms with Crippen molar-refractivity contribution in [2.45, 2.75) is 23.8 Å². The molecular weight excluding hydrogens is 576 g/mol. The van der Waals surface area contributed by atoms with Gasteiger partial charge in [-0.3, -0.25) is 9.36 Å². The fraction of sp³-hybridized carbons (Fsp3) is 0.200. The zero-order valence-corrected chi connectivity index (χ0v) is 23.2. The van der Waals surface area contributed by atoms with Crippen LogP contribution in [-0.4, -0.2) is 53.9 Å². The van der Waals surface area contributed by atoms with Gasteiger partial charge < -0.3 is 20.4 Å². The highest BCUT2D eigenvalue weighted by molar-refractivity contribution is 7.90. The minimum absolute atomic E-state index is 0.0173. The van der Waals surface area contributed by atoms with Crippen LogP contribution in [0.2, 0.25) is 10.0 Å². The van der Waals surface area contributed by atoms with Crippen LogP contribution in [0, 0.1) is 0 Å². The number of carboxylic acids is 1. The van der Waals surface area contributed by atoms with Gasteiger partial charge in [-0.25, -0.2) is 13.2 Å². The summed E-state index contributed by atoms with van der Waals surface area (Å²) in [6.45, 7) is 0. The summed E-state index contributed by atoms with van der Waals surface area (Å²) in [5.41, 5.74) is 0.681. The third-order valence-electron chi connectivity index (χ3n) is 5.64. The number of aromatic hydroxyl groups is 1. The van der Waals surface area contributed by atoms with E-state index in [0.717, 1.165) is 6.26 Å². The number of nitrogens with one attached hydrogen (secondary N) is 1. The highest BCUT2D eigenvalue weighted by Crippen LogP contribution is 2.41. The van der Waals surface area contributed by atoms with Gasteiger partial charge in [-0.15, -0.1) is 0 Å². The Hall–Kier alpha value is -2.88. The Labute approximate surface area is 229 Å². The van der Waals surface area contributed by atoms with Crippen molar-refractivity contribution in [1.82, 2.24) is 5.32 Å². The number of phenolic OH excluding ortho intramolecular Hbond substituents is 1. The van der Waals surface area contributed by atoms with E-state index in [1.165, 1.54) is 54.6 Å². The molecule has 0 fully saturated rings. The van der Waals surface area contributed by atoms with Gasteiger partial charge in [0.1, 0.15) is 11.8 Å². The molecule has 0 bridgehead atoms. The fourth-order valence-electron chi connectivity index (χ4n) is 3.68. The molecule has 1 amide bonds. The van der Waals surface area contributed by atoms with Gasteiger partial charge in [-0.1, -0.05) is 41.4 Å². The molecule has 0 saturated heterocycles. The van der Waals surface area contributed by atoms with E-state index in [1.807, 2.05) is 0 Å². The molecule has 1 unspecified atom stereocenters. The summed E-state index contributed by atoms with van der Waals surface area (Å²) in [6, 6.07) is 12.6. The van der Waals surface area contributed by atoms with Crippen molar-refractivity contribution in [1.29, 1.82) is 0 Å². The molecule has 9 nitrogen and oxygen atoms in total. The van der Waals surface area contributed by atoms with Crippen LogP contribution < -0.4 is 10.6 Å². The summed E-state index contributed by atoms with van der Waals surface area (Å²) in [6.07, 6.45) is 0.738. The van der Waals surface area contributed by atoms with E-state index in [2.05, 4.69) is 5.32 Å². The Morgan fingerprint density at radius 1 is 1.00 bits per heavy atom. The van der Waals surface area contributed by atoms with E-state index >= 15 is 0 Å². The summed E-state index contributed by atoms with van der Waals surface area (Å²) in [5.74, 6) is -2.34. The molecule has 2 atom stereocenters. The van der Waals surface area contributed by atoms with Crippen LogP contribution in [0.1, 0.15) is 21.5 Å². The molecule has 0 saturated carbocycles. The number of carbonyl (C=O) groups excluding carboxylic acids is 1. The fourth-order valence-corrected chi connectivity index (χ4v) is 6.54. The van der Waals surface area contributed by atoms with E-state index in [9.17, 15) is 37.7 Å². The number of aryl methyl sites for hydroxylation is 1. The second kappa shape index (κ2) is 11.9. The SMILES string of the molecule is CS(=O)(=O)c1cccc(C[C@H](NC(=O)c2c(Cl)cc(CCP(=O)(O)c3cccc(O)c3)cc2Cl)C(=O)O)c1. The number of hydrogen-bond acceptors (Lipinski definition) is 6. The second-order valence-electron chi connectivity index (χ2n) is 8.62. The van der Waals surface area contributed by atoms with Crippen LogP contribution in [0.15, 0.2) is 65.6 Å². The molecule has 4 N–H and O–H groups in total. The molecule has 202 valence electrons. The van der Waals surface area contributed by atoms with Crippen molar-refractivity contribution in [2.24, 2.45) is 0 Å². The van der Waals surface area contributed by atoms with Gasteiger partial charge in [-0.2, -0.15) is 0 Å². The smallest absolute Gasteiger partial charge is 0.326 e. The summed E-state index contributed by atoms with van der Waals surface area (Å²) < 4.78 is 36.3. The Bertz CT molecular complexity index is 1520. The number of aliphatic carboxylic acids is 1. The molecule has 3 aromatic carbocycles. The van der Waals surface area contributed by atoms with Gasteiger partial charge in [0.2, 0.25) is 7.37 Å². The van der Waals surface area contributed by atoms with E-state index in [0.29, 0.717) is 11.1 Å². The lowest BCUT2D eigenvalue weighted by molar-refractivity contribution is -0.139.